The van der Waals surface area contributed by atoms with E-state index in [0.29, 0.717) is 29.0 Å². The Bertz CT molecular complexity index is 965. The molecule has 1 aliphatic rings. The Morgan fingerprint density at radius 2 is 1.81 bits per heavy atom. The average Bonchev–Trinajstić information content (AvgIpc) is 3.08. The fourth-order valence-electron chi connectivity index (χ4n) is 3.11. The lowest BCUT2D eigenvalue weighted by atomic mass is 10.1. The number of aromatic nitrogens is 2. The van der Waals surface area contributed by atoms with Crippen LogP contribution in [0.4, 0.5) is 29.0 Å². The van der Waals surface area contributed by atoms with Crippen molar-refractivity contribution < 1.29 is 20.1 Å². The number of fused-ring (bicyclic) bond motifs is 1. The van der Waals surface area contributed by atoms with E-state index in [1.807, 2.05) is 37.7 Å². The largest absolute Gasteiger partial charge is 0.507 e. The van der Waals surface area contributed by atoms with Crippen LogP contribution in [0.15, 0.2) is 18.2 Å². The molecule has 0 spiro atoms. The van der Waals surface area contributed by atoms with Gasteiger partial charge in [0, 0.05) is 24.3 Å². The Balaban J connectivity index is 2.10. The van der Waals surface area contributed by atoms with E-state index in [2.05, 4.69) is 26.1 Å². The van der Waals surface area contributed by atoms with Gasteiger partial charge in [0.2, 0.25) is 5.95 Å². The number of hydrazine groups is 2. The number of phenols is 1. The minimum atomic E-state index is -1.23. The molecule has 11 nitrogen and oxygen atoms in total. The normalized spacial score (nSPS) is 14.2. The highest BCUT2D eigenvalue weighted by Gasteiger charge is 2.35. The number of rotatable bonds is 8. The highest BCUT2D eigenvalue weighted by molar-refractivity contribution is 5.93. The van der Waals surface area contributed by atoms with Crippen LogP contribution in [0.5, 0.6) is 5.75 Å². The fraction of sp³-hybridized carbons (Fsp3) is 0.450. The molecule has 2 aromatic rings. The molecule has 11 heteroatoms. The summed E-state index contributed by atoms with van der Waals surface area (Å²) in [6.45, 7) is 10.0. The molecule has 168 valence electrons. The van der Waals surface area contributed by atoms with Crippen molar-refractivity contribution in [3.63, 3.8) is 0 Å². The number of benzene rings is 1. The van der Waals surface area contributed by atoms with E-state index in [1.54, 1.807) is 13.0 Å². The van der Waals surface area contributed by atoms with Crippen LogP contribution in [0, 0.1) is 0 Å². The first-order chi connectivity index (χ1) is 14.6. The minimum Gasteiger partial charge on any atom is -0.507 e. The van der Waals surface area contributed by atoms with Crippen LogP contribution < -0.4 is 26.2 Å². The number of hydrogen-bond acceptors (Lipinski definition) is 10. The second-order valence-corrected chi connectivity index (χ2v) is 7.99. The standard InChI is InChI=1S/C20H29N7O4/c1-10(2)26-16-17(22-13-6-7-15(29)14(8-13)19(30)31)23-20(21-9-12(5)28)24-18(16)27(25-26)11(3)4/h6-8,10-12,25,28-29H,9H2,1-5H3,(H,30,31)(H2,21,22,23,24). The van der Waals surface area contributed by atoms with Crippen LogP contribution in [0.2, 0.25) is 0 Å². The van der Waals surface area contributed by atoms with Gasteiger partial charge in [-0.05, 0) is 52.8 Å². The predicted octanol–water partition coefficient (Wildman–Crippen LogP) is 2.28. The molecule has 3 rings (SSSR count). The van der Waals surface area contributed by atoms with Crippen LogP contribution in [-0.2, 0) is 0 Å². The van der Waals surface area contributed by atoms with Gasteiger partial charge in [-0.1, -0.05) is 0 Å². The van der Waals surface area contributed by atoms with Crippen LogP contribution >= 0.6 is 0 Å². The molecule has 6 N–H and O–H groups in total. The quantitative estimate of drug-likeness (QED) is 0.342. The van der Waals surface area contributed by atoms with Gasteiger partial charge in [-0.2, -0.15) is 9.97 Å². The average molecular weight is 431 g/mol. The molecule has 1 aliphatic heterocycles. The number of nitrogens with one attached hydrogen (secondary N) is 3. The lowest BCUT2D eigenvalue weighted by Crippen LogP contribution is -2.50. The summed E-state index contributed by atoms with van der Waals surface area (Å²) in [5.41, 5.74) is 4.26. The second kappa shape index (κ2) is 8.82. The molecule has 31 heavy (non-hydrogen) atoms. The SMILES string of the molecule is CC(O)CNc1nc(Nc2ccc(O)c(C(=O)O)c2)c2c(n1)N(C(C)C)NN2C(C)C. The van der Waals surface area contributed by atoms with Gasteiger partial charge in [-0.15, -0.1) is 5.53 Å². The number of hydrogen-bond donors (Lipinski definition) is 6. The third kappa shape index (κ3) is 4.72. The van der Waals surface area contributed by atoms with E-state index in [0.717, 1.165) is 0 Å². The van der Waals surface area contributed by atoms with E-state index in [-0.39, 0.29) is 29.9 Å². The lowest BCUT2D eigenvalue weighted by Gasteiger charge is -2.27. The van der Waals surface area contributed by atoms with Gasteiger partial charge < -0.3 is 26.0 Å². The first-order valence-corrected chi connectivity index (χ1v) is 10.1. The van der Waals surface area contributed by atoms with Crippen LogP contribution in [-0.4, -0.2) is 56.0 Å². The molecule has 0 saturated carbocycles. The maximum Gasteiger partial charge on any atom is 0.339 e. The highest BCUT2D eigenvalue weighted by Crippen LogP contribution is 2.41. The topological polar surface area (TPSA) is 146 Å². The number of aromatic carboxylic acids is 1. The number of carbonyl (C=O) groups is 1. The van der Waals surface area contributed by atoms with Crippen molar-refractivity contribution in [2.24, 2.45) is 0 Å². The summed E-state index contributed by atoms with van der Waals surface area (Å²) >= 11 is 0. The Labute approximate surface area is 180 Å². The molecule has 1 aromatic carbocycles. The third-order valence-electron chi connectivity index (χ3n) is 4.63. The Morgan fingerprint density at radius 1 is 1.13 bits per heavy atom. The lowest BCUT2D eigenvalue weighted by molar-refractivity contribution is 0.0693. The zero-order chi connectivity index (χ0) is 22.9. The van der Waals surface area contributed by atoms with Crippen molar-refractivity contribution in [1.29, 1.82) is 0 Å². The van der Waals surface area contributed by atoms with Crippen LogP contribution in [0.25, 0.3) is 0 Å². The van der Waals surface area contributed by atoms with Crippen molar-refractivity contribution in [2.75, 3.05) is 27.2 Å². The molecule has 0 saturated heterocycles. The van der Waals surface area contributed by atoms with E-state index < -0.39 is 12.1 Å². The molecule has 1 aromatic heterocycles. The summed E-state index contributed by atoms with van der Waals surface area (Å²) in [7, 11) is 0. The maximum absolute atomic E-state index is 11.4. The molecule has 2 heterocycles. The van der Waals surface area contributed by atoms with Crippen molar-refractivity contribution >= 4 is 34.9 Å². The van der Waals surface area contributed by atoms with Gasteiger partial charge in [0.1, 0.15) is 17.0 Å². The first kappa shape index (κ1) is 22.4. The molecule has 1 unspecified atom stereocenters. The summed E-state index contributed by atoms with van der Waals surface area (Å²) in [5.74, 6) is -0.139. The summed E-state index contributed by atoms with van der Waals surface area (Å²) in [6.07, 6.45) is -0.588. The van der Waals surface area contributed by atoms with Crippen LogP contribution in [0.1, 0.15) is 45.0 Å². The molecule has 0 amide bonds. The van der Waals surface area contributed by atoms with Gasteiger partial charge in [0.15, 0.2) is 11.6 Å². The summed E-state index contributed by atoms with van der Waals surface area (Å²) in [5, 5.41) is 38.8. The van der Waals surface area contributed by atoms with E-state index in [1.165, 1.54) is 12.1 Å². The smallest absolute Gasteiger partial charge is 0.339 e. The van der Waals surface area contributed by atoms with Crippen molar-refractivity contribution in [2.45, 2.75) is 52.8 Å². The highest BCUT2D eigenvalue weighted by atomic mass is 16.4. The van der Waals surface area contributed by atoms with Gasteiger partial charge in [0.25, 0.3) is 0 Å². The van der Waals surface area contributed by atoms with Gasteiger partial charge in [-0.25, -0.2) is 4.79 Å². The minimum absolute atomic E-state index is 0.0670. The fourth-order valence-corrected chi connectivity index (χ4v) is 3.11. The van der Waals surface area contributed by atoms with Gasteiger partial charge in [0.05, 0.1) is 6.10 Å². The Hall–Kier alpha value is -3.31. The molecular formula is C20H29N7O4. The van der Waals surface area contributed by atoms with E-state index in [9.17, 15) is 20.1 Å². The number of carboxylic acids is 1. The zero-order valence-electron chi connectivity index (χ0n) is 18.2. The van der Waals surface area contributed by atoms with Gasteiger partial charge in [-0.3, -0.25) is 10.0 Å². The molecule has 0 radical (unpaired) electrons. The van der Waals surface area contributed by atoms with Crippen molar-refractivity contribution in [1.82, 2.24) is 15.5 Å². The summed E-state index contributed by atoms with van der Waals surface area (Å²) in [4.78, 5) is 20.6. The molecule has 0 bridgehead atoms. The number of aliphatic hydroxyl groups excluding tert-OH is 1. The number of anilines is 5. The number of aromatic hydroxyl groups is 1. The van der Waals surface area contributed by atoms with E-state index in [4.69, 9.17) is 0 Å². The number of carboxylic acid groups (broad SMARTS) is 1. The van der Waals surface area contributed by atoms with Gasteiger partial charge >= 0.3 is 5.97 Å². The number of nitrogens with zero attached hydrogens (tertiary/aromatic N) is 4. The maximum atomic E-state index is 11.4. The third-order valence-corrected chi connectivity index (χ3v) is 4.63. The molecule has 1 atom stereocenters. The molecular weight excluding hydrogens is 402 g/mol. The van der Waals surface area contributed by atoms with Crippen molar-refractivity contribution in [3.8, 4) is 5.75 Å². The van der Waals surface area contributed by atoms with Crippen LogP contribution in [0.3, 0.4) is 0 Å². The summed E-state index contributed by atoms with van der Waals surface area (Å²) in [6, 6.07) is 4.39. The Morgan fingerprint density at radius 3 is 2.39 bits per heavy atom. The number of aliphatic hydroxyl groups is 1. The molecule has 0 fully saturated rings. The Kier molecular flexibility index (Phi) is 6.37. The predicted molar refractivity (Wildman–Crippen MR) is 119 cm³/mol. The first-order valence-electron chi connectivity index (χ1n) is 10.1. The second-order valence-electron chi connectivity index (χ2n) is 7.99. The van der Waals surface area contributed by atoms with E-state index >= 15 is 0 Å². The monoisotopic (exact) mass is 431 g/mol. The zero-order valence-corrected chi connectivity index (χ0v) is 18.2. The summed E-state index contributed by atoms with van der Waals surface area (Å²) < 4.78 is 0. The van der Waals surface area contributed by atoms with Crippen molar-refractivity contribution in [3.05, 3.63) is 23.8 Å². The molecule has 0 aliphatic carbocycles.